The van der Waals surface area contributed by atoms with Gasteiger partial charge in [-0.15, -0.1) is 11.8 Å². The van der Waals surface area contributed by atoms with Crippen molar-refractivity contribution in [2.75, 3.05) is 17.6 Å². The Kier molecular flexibility index (Phi) is 4.81. The summed E-state index contributed by atoms with van der Waals surface area (Å²) in [6.07, 6.45) is 4.61. The average Bonchev–Trinajstić information content (AvgIpc) is 3.35. The molecule has 0 unspecified atom stereocenters. The van der Waals surface area contributed by atoms with E-state index >= 15 is 0 Å². The van der Waals surface area contributed by atoms with Crippen molar-refractivity contribution < 1.29 is 0 Å². The van der Waals surface area contributed by atoms with Crippen LogP contribution in [0.4, 0.5) is 5.69 Å². The summed E-state index contributed by atoms with van der Waals surface area (Å²) in [5.41, 5.74) is 4.30. The standard InChI is InChI=1S/C19H24N2OS/c1-4-23-16-7-8-18(20-11-14-5-6-14)17(10-16)15-9-13(2)19(22)21(3)12-15/h7-10,12,14,20H,4-6,11H2,1-3H3. The number of nitrogens with one attached hydrogen (secondary N) is 1. The second kappa shape index (κ2) is 6.83. The smallest absolute Gasteiger partial charge is 0.253 e. The lowest BCUT2D eigenvalue weighted by Gasteiger charge is -2.15. The molecule has 23 heavy (non-hydrogen) atoms. The molecule has 1 fully saturated rings. The second-order valence-corrected chi connectivity index (χ2v) is 7.63. The van der Waals surface area contributed by atoms with Crippen molar-refractivity contribution in [1.82, 2.24) is 4.57 Å². The van der Waals surface area contributed by atoms with Gasteiger partial charge in [-0.25, -0.2) is 0 Å². The molecule has 3 rings (SSSR count). The number of hydrogen-bond acceptors (Lipinski definition) is 3. The lowest BCUT2D eigenvalue weighted by atomic mass is 10.0. The monoisotopic (exact) mass is 328 g/mol. The molecule has 1 heterocycles. The van der Waals surface area contributed by atoms with Crippen molar-refractivity contribution >= 4 is 17.4 Å². The highest BCUT2D eigenvalue weighted by Crippen LogP contribution is 2.34. The second-order valence-electron chi connectivity index (χ2n) is 6.29. The van der Waals surface area contributed by atoms with E-state index in [1.807, 2.05) is 38.0 Å². The van der Waals surface area contributed by atoms with E-state index in [9.17, 15) is 4.79 Å². The van der Waals surface area contributed by atoms with Gasteiger partial charge in [0.05, 0.1) is 0 Å². The first-order valence-electron chi connectivity index (χ1n) is 8.27. The predicted octanol–water partition coefficient (Wildman–Crippen LogP) is 4.29. The molecular weight excluding hydrogens is 304 g/mol. The number of aromatic nitrogens is 1. The molecule has 0 aliphatic heterocycles. The van der Waals surface area contributed by atoms with Gasteiger partial charge in [-0.2, -0.15) is 0 Å². The van der Waals surface area contributed by atoms with Crippen molar-refractivity contribution in [3.63, 3.8) is 0 Å². The topological polar surface area (TPSA) is 34.0 Å². The molecule has 0 bridgehead atoms. The van der Waals surface area contributed by atoms with Gasteiger partial charge >= 0.3 is 0 Å². The van der Waals surface area contributed by atoms with Crippen LogP contribution in [0.25, 0.3) is 11.1 Å². The van der Waals surface area contributed by atoms with Gasteiger partial charge in [0.2, 0.25) is 0 Å². The van der Waals surface area contributed by atoms with Gasteiger partial charge in [-0.1, -0.05) is 6.92 Å². The lowest BCUT2D eigenvalue weighted by molar-refractivity contribution is 0.850. The lowest BCUT2D eigenvalue weighted by Crippen LogP contribution is -2.18. The molecule has 122 valence electrons. The molecule has 0 radical (unpaired) electrons. The molecule has 4 heteroatoms. The first-order valence-corrected chi connectivity index (χ1v) is 9.25. The van der Waals surface area contributed by atoms with E-state index < -0.39 is 0 Å². The number of nitrogens with zero attached hydrogens (tertiary/aromatic N) is 1. The number of aryl methyl sites for hydroxylation is 2. The van der Waals surface area contributed by atoms with E-state index in [1.165, 1.54) is 23.3 Å². The van der Waals surface area contributed by atoms with E-state index in [2.05, 4.69) is 30.4 Å². The van der Waals surface area contributed by atoms with Gasteiger partial charge in [-0.05, 0) is 55.7 Å². The van der Waals surface area contributed by atoms with Crippen LogP contribution in [-0.2, 0) is 7.05 Å². The maximum Gasteiger partial charge on any atom is 0.253 e. The molecule has 0 saturated heterocycles. The molecule has 2 aromatic rings. The molecule has 1 saturated carbocycles. The summed E-state index contributed by atoms with van der Waals surface area (Å²) in [5.74, 6) is 1.88. The zero-order valence-electron chi connectivity index (χ0n) is 14.1. The van der Waals surface area contributed by atoms with Crippen LogP contribution in [0.3, 0.4) is 0 Å². The summed E-state index contributed by atoms with van der Waals surface area (Å²) in [4.78, 5) is 13.2. The van der Waals surface area contributed by atoms with Crippen LogP contribution >= 0.6 is 11.8 Å². The van der Waals surface area contributed by atoms with Gasteiger partial charge in [0.15, 0.2) is 0 Å². The van der Waals surface area contributed by atoms with Gasteiger partial charge in [0, 0.05) is 47.1 Å². The van der Waals surface area contributed by atoms with E-state index in [0.717, 1.165) is 35.0 Å². The number of benzene rings is 1. The third kappa shape index (κ3) is 3.81. The molecular formula is C19H24N2OS. The summed E-state index contributed by atoms with van der Waals surface area (Å²) in [6.45, 7) is 5.09. The van der Waals surface area contributed by atoms with Crippen LogP contribution in [0.1, 0.15) is 25.3 Å². The van der Waals surface area contributed by atoms with Crippen molar-refractivity contribution in [3.05, 3.63) is 46.4 Å². The molecule has 0 amide bonds. The third-order valence-corrected chi connectivity index (χ3v) is 5.13. The molecule has 0 spiro atoms. The highest BCUT2D eigenvalue weighted by Gasteiger charge is 2.21. The number of rotatable bonds is 6. The average molecular weight is 328 g/mol. The minimum atomic E-state index is 0.0697. The Morgan fingerprint density at radius 2 is 2.09 bits per heavy atom. The van der Waals surface area contributed by atoms with Gasteiger partial charge in [0.1, 0.15) is 0 Å². The van der Waals surface area contributed by atoms with Gasteiger partial charge in [0.25, 0.3) is 5.56 Å². The summed E-state index contributed by atoms with van der Waals surface area (Å²) >= 11 is 1.84. The summed E-state index contributed by atoms with van der Waals surface area (Å²) in [7, 11) is 1.82. The first-order chi connectivity index (χ1) is 11.1. The van der Waals surface area contributed by atoms with Crippen LogP contribution in [0.2, 0.25) is 0 Å². The van der Waals surface area contributed by atoms with Crippen molar-refractivity contribution in [3.8, 4) is 11.1 Å². The van der Waals surface area contributed by atoms with Crippen LogP contribution in [-0.4, -0.2) is 16.9 Å². The van der Waals surface area contributed by atoms with Gasteiger partial charge in [-0.3, -0.25) is 4.79 Å². The van der Waals surface area contributed by atoms with Crippen molar-refractivity contribution in [1.29, 1.82) is 0 Å². The van der Waals surface area contributed by atoms with E-state index in [4.69, 9.17) is 0 Å². The molecule has 1 aliphatic carbocycles. The summed E-state index contributed by atoms with van der Waals surface area (Å²) < 4.78 is 1.68. The third-order valence-electron chi connectivity index (χ3n) is 4.25. The van der Waals surface area contributed by atoms with Crippen LogP contribution in [0.15, 0.2) is 40.2 Å². The first kappa shape index (κ1) is 16.2. The minimum Gasteiger partial charge on any atom is -0.384 e. The molecule has 1 aromatic heterocycles. The number of pyridine rings is 1. The zero-order valence-corrected chi connectivity index (χ0v) is 14.9. The molecule has 0 atom stereocenters. The predicted molar refractivity (Wildman–Crippen MR) is 99.5 cm³/mol. The Hall–Kier alpha value is -1.68. The van der Waals surface area contributed by atoms with Crippen molar-refractivity contribution in [2.24, 2.45) is 13.0 Å². The fourth-order valence-electron chi connectivity index (χ4n) is 2.77. The summed E-state index contributed by atoms with van der Waals surface area (Å²) in [6, 6.07) is 8.60. The van der Waals surface area contributed by atoms with Crippen LogP contribution in [0, 0.1) is 12.8 Å². The molecule has 3 nitrogen and oxygen atoms in total. The normalized spacial score (nSPS) is 14.0. The zero-order chi connectivity index (χ0) is 16.4. The number of anilines is 1. The largest absolute Gasteiger partial charge is 0.384 e. The van der Waals surface area contributed by atoms with Crippen molar-refractivity contribution in [2.45, 2.75) is 31.6 Å². The Balaban J connectivity index is 2.02. The number of thioether (sulfide) groups is 1. The van der Waals surface area contributed by atoms with Crippen LogP contribution in [0.5, 0.6) is 0 Å². The van der Waals surface area contributed by atoms with E-state index in [-0.39, 0.29) is 5.56 Å². The molecule has 1 N–H and O–H groups in total. The summed E-state index contributed by atoms with van der Waals surface area (Å²) in [5, 5.41) is 3.60. The Morgan fingerprint density at radius 1 is 1.30 bits per heavy atom. The van der Waals surface area contributed by atoms with Crippen LogP contribution < -0.4 is 10.9 Å². The SMILES string of the molecule is CCSc1ccc(NCC2CC2)c(-c2cc(C)c(=O)n(C)c2)c1. The fraction of sp³-hybridized carbons (Fsp3) is 0.421. The molecule has 1 aromatic carbocycles. The highest BCUT2D eigenvalue weighted by molar-refractivity contribution is 7.99. The Morgan fingerprint density at radius 3 is 2.74 bits per heavy atom. The quantitative estimate of drug-likeness (QED) is 0.803. The Bertz CT molecular complexity index is 736. The fourth-order valence-corrected chi connectivity index (χ4v) is 3.47. The maximum absolute atomic E-state index is 12.0. The van der Waals surface area contributed by atoms with Gasteiger partial charge < -0.3 is 9.88 Å². The van der Waals surface area contributed by atoms with E-state index in [1.54, 1.807) is 4.57 Å². The van der Waals surface area contributed by atoms with E-state index in [0.29, 0.717) is 0 Å². The Labute approximate surface area is 142 Å². The number of hydrogen-bond donors (Lipinski definition) is 1. The molecule has 1 aliphatic rings. The minimum absolute atomic E-state index is 0.0697. The highest BCUT2D eigenvalue weighted by atomic mass is 32.2. The maximum atomic E-state index is 12.0.